The van der Waals surface area contributed by atoms with E-state index < -0.39 is 5.54 Å². The highest BCUT2D eigenvalue weighted by atomic mass is 35.5. The number of hydrogen-bond acceptors (Lipinski definition) is 2. The van der Waals surface area contributed by atoms with Gasteiger partial charge in [-0.05, 0) is 12.8 Å². The average Bonchev–Trinajstić information content (AvgIpc) is 2.50. The normalized spacial score (nSPS) is 18.6. The Hall–Kier alpha value is -0.750. The summed E-state index contributed by atoms with van der Waals surface area (Å²) in [4.78, 5) is 9.76. The van der Waals surface area contributed by atoms with Crippen molar-refractivity contribution in [2.24, 2.45) is 0 Å². The minimum Gasteiger partial charge on any atom is -0.340 e. The van der Waals surface area contributed by atoms with E-state index in [9.17, 15) is 4.79 Å². The van der Waals surface area contributed by atoms with E-state index in [2.05, 4.69) is 5.32 Å². The van der Waals surface area contributed by atoms with Gasteiger partial charge in [0.15, 0.2) is 0 Å². The molecule has 0 spiro atoms. The van der Waals surface area contributed by atoms with Crippen molar-refractivity contribution in [3.05, 3.63) is 0 Å². The lowest BCUT2D eigenvalue weighted by Crippen LogP contribution is -2.27. The summed E-state index contributed by atoms with van der Waals surface area (Å²) in [6, 6.07) is 2.01. The first-order valence-electron chi connectivity index (χ1n) is 2.46. The van der Waals surface area contributed by atoms with E-state index in [-0.39, 0.29) is 12.4 Å². The molecule has 1 fully saturated rings. The van der Waals surface area contributed by atoms with Gasteiger partial charge in [0.1, 0.15) is 5.54 Å². The molecule has 0 aromatic rings. The van der Waals surface area contributed by atoms with Crippen LogP contribution in [0.3, 0.4) is 0 Å². The summed E-state index contributed by atoms with van der Waals surface area (Å²) in [6.45, 7) is 0. The van der Waals surface area contributed by atoms with Crippen LogP contribution in [0.15, 0.2) is 0 Å². The number of hydrogen-bond donors (Lipinski definition) is 1. The quantitative estimate of drug-likeness (QED) is 0.567. The Morgan fingerprint density at radius 1 is 1.67 bits per heavy atom. The van der Waals surface area contributed by atoms with Gasteiger partial charge in [0.25, 0.3) is 0 Å². The molecule has 0 bridgehead atoms. The molecule has 0 atom stereocenters. The zero-order valence-electron chi connectivity index (χ0n) is 4.76. The van der Waals surface area contributed by atoms with Crippen LogP contribution in [0.1, 0.15) is 12.8 Å². The first kappa shape index (κ1) is 8.25. The molecule has 3 nitrogen and oxygen atoms in total. The molecule has 0 saturated heterocycles. The van der Waals surface area contributed by atoms with Crippen LogP contribution >= 0.6 is 12.4 Å². The van der Waals surface area contributed by atoms with Gasteiger partial charge in [0, 0.05) is 0 Å². The lowest BCUT2D eigenvalue weighted by molar-refractivity contribution is -0.110. The van der Waals surface area contributed by atoms with Crippen LogP contribution in [-0.2, 0) is 4.79 Å². The molecule has 4 heteroatoms. The van der Waals surface area contributed by atoms with Gasteiger partial charge in [0.05, 0.1) is 6.07 Å². The fraction of sp³-hybridized carbons (Fsp3) is 0.600. The van der Waals surface area contributed by atoms with E-state index in [1.165, 1.54) is 0 Å². The standard InChI is InChI=1S/C5H6N2O.ClH/c6-3-5(1-2-5)7-4-8;/h4H,1-2H2,(H,7,8);1H. The summed E-state index contributed by atoms with van der Waals surface area (Å²) in [6.07, 6.45) is 2.20. The van der Waals surface area contributed by atoms with Crippen LogP contribution in [-0.4, -0.2) is 11.9 Å². The van der Waals surface area contributed by atoms with Gasteiger partial charge >= 0.3 is 0 Å². The number of nitrogens with one attached hydrogen (secondary N) is 1. The molecular weight excluding hydrogens is 140 g/mol. The molecular formula is C5H7ClN2O. The van der Waals surface area contributed by atoms with Crippen LogP contribution in [0.4, 0.5) is 0 Å². The third-order valence-electron chi connectivity index (χ3n) is 1.30. The van der Waals surface area contributed by atoms with Gasteiger partial charge in [-0.3, -0.25) is 4.79 Å². The van der Waals surface area contributed by atoms with E-state index in [4.69, 9.17) is 5.26 Å². The highest BCUT2D eigenvalue weighted by Crippen LogP contribution is 2.33. The summed E-state index contributed by atoms with van der Waals surface area (Å²) >= 11 is 0. The van der Waals surface area contributed by atoms with Gasteiger partial charge in [0.2, 0.25) is 6.41 Å². The second-order valence-corrected chi connectivity index (χ2v) is 1.96. The smallest absolute Gasteiger partial charge is 0.208 e. The topological polar surface area (TPSA) is 52.9 Å². The predicted octanol–water partition coefficient (Wildman–Crippen LogP) is 0.210. The summed E-state index contributed by atoms with van der Waals surface area (Å²) in [5.74, 6) is 0. The maximum absolute atomic E-state index is 9.76. The predicted molar refractivity (Wildman–Crippen MR) is 34.0 cm³/mol. The maximum Gasteiger partial charge on any atom is 0.208 e. The van der Waals surface area contributed by atoms with Crippen molar-refractivity contribution in [2.45, 2.75) is 18.4 Å². The molecule has 1 amide bonds. The number of rotatable bonds is 2. The SMILES string of the molecule is Cl.N#CC1(NC=O)CC1. The van der Waals surface area contributed by atoms with Crippen molar-refractivity contribution in [2.75, 3.05) is 0 Å². The number of carbonyl (C=O) groups excluding carboxylic acids is 1. The second kappa shape index (κ2) is 2.70. The molecule has 1 rings (SSSR count). The fourth-order valence-corrected chi connectivity index (χ4v) is 0.526. The first-order chi connectivity index (χ1) is 3.83. The van der Waals surface area contributed by atoms with Gasteiger partial charge in [-0.25, -0.2) is 0 Å². The molecule has 1 aliphatic rings. The van der Waals surface area contributed by atoms with Crippen molar-refractivity contribution in [1.29, 1.82) is 5.26 Å². The van der Waals surface area contributed by atoms with Crippen LogP contribution in [0.25, 0.3) is 0 Å². The van der Waals surface area contributed by atoms with E-state index >= 15 is 0 Å². The number of halogens is 1. The Kier molecular flexibility index (Phi) is 2.47. The van der Waals surface area contributed by atoms with E-state index in [0.29, 0.717) is 6.41 Å². The van der Waals surface area contributed by atoms with Crippen molar-refractivity contribution in [3.63, 3.8) is 0 Å². The minimum atomic E-state index is -0.470. The molecule has 0 heterocycles. The van der Waals surface area contributed by atoms with E-state index in [1.807, 2.05) is 6.07 Å². The highest BCUT2D eigenvalue weighted by molar-refractivity contribution is 5.85. The summed E-state index contributed by atoms with van der Waals surface area (Å²) in [5, 5.41) is 10.8. The maximum atomic E-state index is 9.76. The Balaban J connectivity index is 0.000000640. The van der Waals surface area contributed by atoms with Gasteiger partial charge in [-0.2, -0.15) is 5.26 Å². The number of carbonyl (C=O) groups is 1. The molecule has 1 N–H and O–H groups in total. The van der Waals surface area contributed by atoms with Crippen LogP contribution < -0.4 is 5.32 Å². The average molecular weight is 147 g/mol. The van der Waals surface area contributed by atoms with Crippen molar-refractivity contribution < 1.29 is 4.79 Å². The third kappa shape index (κ3) is 1.58. The molecule has 9 heavy (non-hydrogen) atoms. The van der Waals surface area contributed by atoms with Crippen molar-refractivity contribution in [1.82, 2.24) is 5.32 Å². The zero-order chi connectivity index (χ0) is 6.04. The third-order valence-corrected chi connectivity index (χ3v) is 1.30. The molecule has 50 valence electrons. The molecule has 0 aromatic heterocycles. The molecule has 0 unspecified atom stereocenters. The molecule has 1 saturated carbocycles. The highest BCUT2D eigenvalue weighted by Gasteiger charge is 2.42. The zero-order valence-corrected chi connectivity index (χ0v) is 5.57. The van der Waals surface area contributed by atoms with Crippen LogP contribution in [0.2, 0.25) is 0 Å². The first-order valence-corrected chi connectivity index (χ1v) is 2.46. The molecule has 0 radical (unpaired) electrons. The van der Waals surface area contributed by atoms with Gasteiger partial charge < -0.3 is 5.32 Å². The fourth-order valence-electron chi connectivity index (χ4n) is 0.526. The number of nitrogens with zero attached hydrogens (tertiary/aromatic N) is 1. The van der Waals surface area contributed by atoms with Gasteiger partial charge in [-0.15, -0.1) is 12.4 Å². The second-order valence-electron chi connectivity index (χ2n) is 1.96. The largest absolute Gasteiger partial charge is 0.340 e. The Bertz CT molecular complexity index is 148. The lowest BCUT2D eigenvalue weighted by Gasteiger charge is -1.98. The van der Waals surface area contributed by atoms with Gasteiger partial charge in [-0.1, -0.05) is 0 Å². The lowest BCUT2D eigenvalue weighted by atomic mass is 10.3. The number of nitriles is 1. The molecule has 0 aliphatic heterocycles. The van der Waals surface area contributed by atoms with E-state index in [1.54, 1.807) is 0 Å². The van der Waals surface area contributed by atoms with Crippen LogP contribution in [0, 0.1) is 11.3 Å². The Morgan fingerprint density at radius 2 is 2.22 bits per heavy atom. The molecule has 1 aliphatic carbocycles. The van der Waals surface area contributed by atoms with Crippen LogP contribution in [0.5, 0.6) is 0 Å². The van der Waals surface area contributed by atoms with E-state index in [0.717, 1.165) is 12.8 Å². The van der Waals surface area contributed by atoms with Crippen molar-refractivity contribution >= 4 is 18.8 Å². The summed E-state index contributed by atoms with van der Waals surface area (Å²) < 4.78 is 0. The number of amides is 1. The summed E-state index contributed by atoms with van der Waals surface area (Å²) in [5.41, 5.74) is -0.470. The summed E-state index contributed by atoms with van der Waals surface area (Å²) in [7, 11) is 0. The Morgan fingerprint density at radius 3 is 2.33 bits per heavy atom. The molecule has 0 aromatic carbocycles. The monoisotopic (exact) mass is 146 g/mol. The minimum absolute atomic E-state index is 0. The van der Waals surface area contributed by atoms with Crippen molar-refractivity contribution in [3.8, 4) is 6.07 Å². The Labute approximate surface area is 59.5 Å².